The molecule has 0 aromatic rings. The molecule has 1 heterocycles. The van der Waals surface area contributed by atoms with Gasteiger partial charge in [-0.1, -0.05) is 6.08 Å². The Labute approximate surface area is 131 Å². The van der Waals surface area contributed by atoms with E-state index in [0.29, 0.717) is 6.42 Å². The van der Waals surface area contributed by atoms with Gasteiger partial charge in [-0.3, -0.25) is 9.59 Å². The first kappa shape index (κ1) is 17.0. The van der Waals surface area contributed by atoms with Crippen molar-refractivity contribution in [3.05, 3.63) is 11.5 Å². The summed E-state index contributed by atoms with van der Waals surface area (Å²) in [6, 6.07) is 0. The van der Waals surface area contributed by atoms with Crippen molar-refractivity contribution in [2.75, 3.05) is 14.2 Å². The molecule has 0 radical (unpaired) electrons. The molecule has 1 aliphatic heterocycles. The summed E-state index contributed by atoms with van der Waals surface area (Å²) in [6.45, 7) is 7.83. The number of ether oxygens (including phenoxy) is 2. The van der Waals surface area contributed by atoms with Crippen LogP contribution in [0.5, 0.6) is 0 Å². The third-order valence-corrected chi connectivity index (χ3v) is 4.82. The zero-order valence-electron chi connectivity index (χ0n) is 14.0. The van der Waals surface area contributed by atoms with Gasteiger partial charge in [-0.15, -0.1) is 0 Å². The van der Waals surface area contributed by atoms with Gasteiger partial charge in [-0.05, 0) is 39.6 Å². The number of rotatable bonds is 3. The molecule has 0 aromatic heterocycles. The summed E-state index contributed by atoms with van der Waals surface area (Å²) in [6.07, 6.45) is 2.08. The van der Waals surface area contributed by atoms with E-state index >= 15 is 0 Å². The van der Waals surface area contributed by atoms with Crippen LogP contribution in [0, 0.1) is 11.8 Å². The summed E-state index contributed by atoms with van der Waals surface area (Å²) in [5, 5.41) is 0. The molecule has 0 bridgehead atoms. The van der Waals surface area contributed by atoms with Gasteiger partial charge < -0.3 is 18.8 Å². The lowest BCUT2D eigenvalue weighted by Gasteiger charge is -2.32. The summed E-state index contributed by atoms with van der Waals surface area (Å²) >= 11 is 0. The number of carbonyl (C=O) groups excluding carboxylic acids is 2. The van der Waals surface area contributed by atoms with Crippen LogP contribution < -0.4 is 0 Å². The fourth-order valence-electron chi connectivity index (χ4n) is 2.71. The maximum absolute atomic E-state index is 11.9. The minimum atomic E-state index is -0.661. The van der Waals surface area contributed by atoms with Crippen molar-refractivity contribution < 1.29 is 28.4 Å². The maximum atomic E-state index is 11.9. The highest BCUT2D eigenvalue weighted by Gasteiger charge is 2.54. The van der Waals surface area contributed by atoms with Crippen LogP contribution in [-0.2, 0) is 28.4 Å². The van der Waals surface area contributed by atoms with Gasteiger partial charge >= 0.3 is 19.1 Å². The van der Waals surface area contributed by atoms with Crippen molar-refractivity contribution in [1.82, 2.24) is 0 Å². The summed E-state index contributed by atoms with van der Waals surface area (Å²) in [4.78, 5) is 23.8. The van der Waals surface area contributed by atoms with Crippen LogP contribution in [0.15, 0.2) is 11.5 Å². The summed E-state index contributed by atoms with van der Waals surface area (Å²) in [5.74, 6) is -2.14. The Morgan fingerprint density at radius 3 is 2.05 bits per heavy atom. The van der Waals surface area contributed by atoms with Crippen molar-refractivity contribution in [3.63, 3.8) is 0 Å². The highest BCUT2D eigenvalue weighted by Crippen LogP contribution is 2.42. The van der Waals surface area contributed by atoms with Crippen LogP contribution in [0.25, 0.3) is 0 Å². The Balaban J connectivity index is 2.23. The first-order valence-electron chi connectivity index (χ1n) is 7.35. The quantitative estimate of drug-likeness (QED) is 0.581. The van der Waals surface area contributed by atoms with Crippen LogP contribution >= 0.6 is 0 Å². The summed E-state index contributed by atoms with van der Waals surface area (Å²) < 4.78 is 21.5. The molecule has 1 aliphatic carbocycles. The van der Waals surface area contributed by atoms with Crippen molar-refractivity contribution in [1.29, 1.82) is 0 Å². The van der Waals surface area contributed by atoms with Crippen molar-refractivity contribution in [3.8, 4) is 0 Å². The number of esters is 2. The van der Waals surface area contributed by atoms with Gasteiger partial charge in [0.25, 0.3) is 0 Å². The lowest BCUT2D eigenvalue weighted by Crippen LogP contribution is -2.41. The lowest BCUT2D eigenvalue weighted by molar-refractivity contribution is -0.154. The molecule has 1 fully saturated rings. The minimum Gasteiger partial charge on any atom is -0.469 e. The second-order valence-corrected chi connectivity index (χ2v) is 6.71. The fraction of sp³-hybridized carbons (Fsp3) is 0.733. The highest BCUT2D eigenvalue weighted by atomic mass is 16.7. The Kier molecular flexibility index (Phi) is 4.41. The second-order valence-electron chi connectivity index (χ2n) is 6.71. The fourth-order valence-corrected chi connectivity index (χ4v) is 2.71. The van der Waals surface area contributed by atoms with Gasteiger partial charge in [-0.2, -0.15) is 0 Å². The molecule has 2 aliphatic rings. The molecule has 2 rings (SSSR count). The molecule has 22 heavy (non-hydrogen) atoms. The molecule has 1 saturated heterocycles. The Hall–Kier alpha value is -1.34. The molecule has 6 nitrogen and oxygen atoms in total. The molecule has 2 atom stereocenters. The van der Waals surface area contributed by atoms with Crippen molar-refractivity contribution in [2.24, 2.45) is 11.8 Å². The predicted molar refractivity (Wildman–Crippen MR) is 79.8 cm³/mol. The van der Waals surface area contributed by atoms with Crippen LogP contribution in [0.4, 0.5) is 0 Å². The monoisotopic (exact) mass is 310 g/mol. The number of hydrogen-bond donors (Lipinski definition) is 0. The first-order valence-corrected chi connectivity index (χ1v) is 7.35. The molecular formula is C15H23BO6. The van der Waals surface area contributed by atoms with E-state index in [1.54, 1.807) is 6.08 Å². The third-order valence-electron chi connectivity index (χ3n) is 4.82. The number of methoxy groups -OCH3 is 2. The standard InChI is InChI=1S/C15H23BO6/c1-14(2)15(3,4)22-16(21-14)9-7-10(12(17)19-5)11(8-9)13(18)20-6/h7,10-11H,8H2,1-6H3. The average Bonchev–Trinajstić information content (AvgIpc) is 2.97. The number of allylic oxidation sites excluding steroid dienone is 1. The van der Waals surface area contributed by atoms with Crippen LogP contribution in [-0.4, -0.2) is 44.5 Å². The van der Waals surface area contributed by atoms with E-state index < -0.39 is 42.1 Å². The molecule has 0 aromatic carbocycles. The van der Waals surface area contributed by atoms with Crippen molar-refractivity contribution in [2.45, 2.75) is 45.3 Å². The second kappa shape index (κ2) is 5.70. The molecule has 0 amide bonds. The smallest absolute Gasteiger partial charge is 0.469 e. The summed E-state index contributed by atoms with van der Waals surface area (Å²) in [7, 11) is 2.05. The molecule has 0 N–H and O–H groups in total. The molecular weight excluding hydrogens is 287 g/mol. The Morgan fingerprint density at radius 2 is 1.59 bits per heavy atom. The molecule has 7 heteroatoms. The molecule has 0 saturated carbocycles. The van der Waals surface area contributed by atoms with Gasteiger partial charge in [0.15, 0.2) is 0 Å². The molecule has 122 valence electrons. The highest BCUT2D eigenvalue weighted by molar-refractivity contribution is 6.54. The van der Waals surface area contributed by atoms with E-state index in [2.05, 4.69) is 0 Å². The topological polar surface area (TPSA) is 71.1 Å². The lowest BCUT2D eigenvalue weighted by atomic mass is 9.77. The zero-order valence-corrected chi connectivity index (χ0v) is 14.0. The van der Waals surface area contributed by atoms with Crippen LogP contribution in [0.1, 0.15) is 34.1 Å². The van der Waals surface area contributed by atoms with E-state index in [9.17, 15) is 9.59 Å². The van der Waals surface area contributed by atoms with Crippen LogP contribution in [0.3, 0.4) is 0 Å². The van der Waals surface area contributed by atoms with Gasteiger partial charge in [0.2, 0.25) is 0 Å². The van der Waals surface area contributed by atoms with Crippen LogP contribution in [0.2, 0.25) is 0 Å². The first-order chi connectivity index (χ1) is 10.1. The number of hydrogen-bond acceptors (Lipinski definition) is 6. The van der Waals surface area contributed by atoms with Gasteiger partial charge in [0, 0.05) is 0 Å². The van der Waals surface area contributed by atoms with Crippen molar-refractivity contribution >= 4 is 19.1 Å². The zero-order chi connectivity index (χ0) is 16.7. The van der Waals surface area contributed by atoms with Gasteiger partial charge in [0.1, 0.15) is 0 Å². The summed E-state index contributed by atoms with van der Waals surface area (Å²) in [5.41, 5.74) is -0.157. The van der Waals surface area contributed by atoms with E-state index in [0.717, 1.165) is 5.47 Å². The SMILES string of the molecule is COC(=O)C1C=C(B2OC(C)(C)C(C)(C)O2)CC1C(=O)OC. The minimum absolute atomic E-state index is 0.364. The predicted octanol–water partition coefficient (Wildman–Crippen LogP) is 1.53. The number of carbonyl (C=O) groups is 2. The third kappa shape index (κ3) is 2.79. The van der Waals surface area contributed by atoms with Gasteiger partial charge in [0.05, 0.1) is 37.3 Å². The van der Waals surface area contributed by atoms with E-state index in [1.807, 2.05) is 27.7 Å². The van der Waals surface area contributed by atoms with E-state index in [1.165, 1.54) is 14.2 Å². The van der Waals surface area contributed by atoms with E-state index in [4.69, 9.17) is 18.8 Å². The molecule has 2 unspecified atom stereocenters. The van der Waals surface area contributed by atoms with Gasteiger partial charge in [-0.25, -0.2) is 0 Å². The Morgan fingerprint density at radius 1 is 1.09 bits per heavy atom. The molecule has 0 spiro atoms. The maximum Gasteiger partial charge on any atom is 0.490 e. The normalized spacial score (nSPS) is 29.2. The average molecular weight is 310 g/mol. The van der Waals surface area contributed by atoms with E-state index in [-0.39, 0.29) is 0 Å². The largest absolute Gasteiger partial charge is 0.490 e. The Bertz CT molecular complexity index is 494.